The van der Waals surface area contributed by atoms with Gasteiger partial charge in [-0.15, -0.1) is 24.0 Å². The van der Waals surface area contributed by atoms with E-state index in [1.54, 1.807) is 7.05 Å². The van der Waals surface area contributed by atoms with Crippen LogP contribution in [0.3, 0.4) is 0 Å². The number of aliphatic imine (C=N–C) groups is 1. The summed E-state index contributed by atoms with van der Waals surface area (Å²) in [6, 6.07) is 10.6. The van der Waals surface area contributed by atoms with Crippen LogP contribution in [0.5, 0.6) is 0 Å². The first-order valence-corrected chi connectivity index (χ1v) is 10.4. The molecule has 0 aliphatic carbocycles. The summed E-state index contributed by atoms with van der Waals surface area (Å²) < 4.78 is 5.35. The van der Waals surface area contributed by atoms with Gasteiger partial charge in [0, 0.05) is 33.2 Å². The molecule has 1 aromatic carbocycles. The third kappa shape index (κ3) is 9.97. The lowest BCUT2D eigenvalue weighted by atomic mass is 10.2. The molecule has 1 unspecified atom stereocenters. The largest absolute Gasteiger partial charge is 0.444 e. The molecule has 2 rings (SSSR count). The highest BCUT2D eigenvalue weighted by molar-refractivity contribution is 14.0. The Kier molecular flexibility index (Phi) is 11.5. The van der Waals surface area contributed by atoms with E-state index in [0.717, 1.165) is 51.5 Å². The van der Waals surface area contributed by atoms with Gasteiger partial charge in [-0.3, -0.25) is 4.99 Å². The summed E-state index contributed by atoms with van der Waals surface area (Å²) in [4.78, 5) is 20.9. The van der Waals surface area contributed by atoms with Crippen molar-refractivity contribution < 1.29 is 9.53 Å². The van der Waals surface area contributed by atoms with E-state index in [0.29, 0.717) is 0 Å². The first-order chi connectivity index (χ1) is 13.8. The Morgan fingerprint density at radius 3 is 2.63 bits per heavy atom. The normalized spacial score (nSPS) is 16.9. The number of carbonyl (C=O) groups excluding carboxylic acids is 1. The van der Waals surface area contributed by atoms with Crippen molar-refractivity contribution in [2.75, 3.05) is 40.3 Å². The predicted octanol–water partition coefficient (Wildman–Crippen LogP) is 3.30. The van der Waals surface area contributed by atoms with Crippen molar-refractivity contribution in [2.24, 2.45) is 4.99 Å². The van der Waals surface area contributed by atoms with Crippen molar-refractivity contribution in [3.05, 3.63) is 35.9 Å². The molecule has 0 spiro atoms. The molecule has 1 fully saturated rings. The van der Waals surface area contributed by atoms with E-state index >= 15 is 0 Å². The zero-order chi connectivity index (χ0) is 21.3. The number of ether oxygens (including phenoxy) is 1. The second-order valence-electron chi connectivity index (χ2n) is 8.63. The summed E-state index contributed by atoms with van der Waals surface area (Å²) in [6.07, 6.45) is 1.57. The minimum Gasteiger partial charge on any atom is -0.444 e. The van der Waals surface area contributed by atoms with E-state index in [4.69, 9.17) is 4.74 Å². The summed E-state index contributed by atoms with van der Waals surface area (Å²) in [5, 5.41) is 6.41. The van der Waals surface area contributed by atoms with E-state index < -0.39 is 5.60 Å². The molecule has 0 bridgehead atoms. The van der Waals surface area contributed by atoms with Gasteiger partial charge in [-0.25, -0.2) is 4.79 Å². The Morgan fingerprint density at radius 1 is 1.30 bits per heavy atom. The molecule has 1 aromatic rings. The molecule has 0 saturated carbocycles. The monoisotopic (exact) mass is 531 g/mol. The number of rotatable bonds is 7. The first-order valence-electron chi connectivity index (χ1n) is 10.4. The Balaban J connectivity index is 0.00000450. The van der Waals surface area contributed by atoms with Crippen LogP contribution < -0.4 is 10.6 Å². The molecule has 30 heavy (non-hydrogen) atoms. The summed E-state index contributed by atoms with van der Waals surface area (Å²) in [5.41, 5.74) is 0.854. The minimum absolute atomic E-state index is 0. The average molecular weight is 531 g/mol. The molecular weight excluding hydrogens is 493 g/mol. The molecular formula is C22H38IN5O2. The highest BCUT2D eigenvalue weighted by Gasteiger charge is 2.27. The Labute approximate surface area is 198 Å². The van der Waals surface area contributed by atoms with Crippen LogP contribution in [0.2, 0.25) is 0 Å². The van der Waals surface area contributed by atoms with Crippen LogP contribution >= 0.6 is 24.0 Å². The molecule has 8 heteroatoms. The quantitative estimate of drug-likeness (QED) is 0.245. The topological polar surface area (TPSA) is 69.2 Å². The van der Waals surface area contributed by atoms with Gasteiger partial charge < -0.3 is 25.2 Å². The van der Waals surface area contributed by atoms with Crippen molar-refractivity contribution in [3.8, 4) is 0 Å². The summed E-state index contributed by atoms with van der Waals surface area (Å²) in [7, 11) is 3.95. The van der Waals surface area contributed by atoms with E-state index in [-0.39, 0.29) is 36.1 Å². The number of hydrogen-bond acceptors (Lipinski definition) is 4. The third-order valence-corrected chi connectivity index (χ3v) is 4.72. The van der Waals surface area contributed by atoms with Gasteiger partial charge in [-0.05, 0) is 52.8 Å². The minimum atomic E-state index is -0.479. The van der Waals surface area contributed by atoms with Gasteiger partial charge in [0.05, 0.1) is 6.04 Å². The zero-order valence-corrected chi connectivity index (χ0v) is 21.3. The molecule has 7 nitrogen and oxygen atoms in total. The first kappa shape index (κ1) is 26.5. The number of carbonyl (C=O) groups is 1. The molecule has 1 aliphatic heterocycles. The van der Waals surface area contributed by atoms with Crippen molar-refractivity contribution in [1.29, 1.82) is 0 Å². The maximum absolute atomic E-state index is 12.0. The predicted molar refractivity (Wildman–Crippen MR) is 134 cm³/mol. The van der Waals surface area contributed by atoms with Gasteiger partial charge in [-0.2, -0.15) is 0 Å². The molecule has 1 heterocycles. The SMILES string of the molecule is CN=C(NCCCN(C)Cc1ccccc1)N1CCC(NC(=O)OC(C)(C)C)C1.I. The van der Waals surface area contributed by atoms with Crippen LogP contribution in [0.15, 0.2) is 35.3 Å². The number of benzene rings is 1. The van der Waals surface area contributed by atoms with Gasteiger partial charge in [-0.1, -0.05) is 30.3 Å². The highest BCUT2D eigenvalue weighted by atomic mass is 127. The third-order valence-electron chi connectivity index (χ3n) is 4.72. The van der Waals surface area contributed by atoms with Crippen molar-refractivity contribution >= 4 is 36.0 Å². The second-order valence-corrected chi connectivity index (χ2v) is 8.63. The second kappa shape index (κ2) is 13.0. The van der Waals surface area contributed by atoms with E-state index in [9.17, 15) is 4.79 Å². The molecule has 1 saturated heterocycles. The number of nitrogens with zero attached hydrogens (tertiary/aromatic N) is 3. The lowest BCUT2D eigenvalue weighted by Gasteiger charge is -2.24. The Hall–Kier alpha value is -1.55. The molecule has 0 radical (unpaired) electrons. The van der Waals surface area contributed by atoms with Crippen LogP contribution in [-0.2, 0) is 11.3 Å². The van der Waals surface area contributed by atoms with E-state index in [1.807, 2.05) is 26.8 Å². The summed E-state index contributed by atoms with van der Waals surface area (Å²) in [5.74, 6) is 0.893. The number of likely N-dealkylation sites (tertiary alicyclic amines) is 1. The Bertz CT molecular complexity index is 663. The van der Waals surface area contributed by atoms with Crippen molar-refractivity contribution in [1.82, 2.24) is 20.4 Å². The standard InChI is InChI=1S/C22H37N5O2.HI/c1-22(2,3)29-21(28)25-19-12-15-27(17-19)20(23-4)24-13-9-14-26(5)16-18-10-7-6-8-11-18;/h6-8,10-11,19H,9,12-17H2,1-5H3,(H,23,24)(H,25,28);1H. The van der Waals surface area contributed by atoms with Gasteiger partial charge in [0.25, 0.3) is 0 Å². The maximum Gasteiger partial charge on any atom is 0.407 e. The van der Waals surface area contributed by atoms with Crippen LogP contribution in [0.1, 0.15) is 39.2 Å². The lowest BCUT2D eigenvalue weighted by Crippen LogP contribution is -2.44. The maximum atomic E-state index is 12.0. The van der Waals surface area contributed by atoms with Crippen LogP contribution in [0.25, 0.3) is 0 Å². The van der Waals surface area contributed by atoms with Crippen molar-refractivity contribution in [3.63, 3.8) is 0 Å². The Morgan fingerprint density at radius 2 is 2.00 bits per heavy atom. The number of alkyl carbamates (subject to hydrolysis) is 1. The highest BCUT2D eigenvalue weighted by Crippen LogP contribution is 2.12. The molecule has 1 aliphatic rings. The number of guanidine groups is 1. The van der Waals surface area contributed by atoms with E-state index in [2.05, 4.69) is 56.7 Å². The molecule has 1 amide bonds. The molecule has 0 aromatic heterocycles. The van der Waals surface area contributed by atoms with Crippen molar-refractivity contribution in [2.45, 2.75) is 51.8 Å². The van der Waals surface area contributed by atoms with E-state index in [1.165, 1.54) is 5.56 Å². The molecule has 1 atom stereocenters. The van der Waals surface area contributed by atoms with Gasteiger partial charge in [0.1, 0.15) is 5.60 Å². The fourth-order valence-corrected chi connectivity index (χ4v) is 3.40. The van der Waals surface area contributed by atoms with Gasteiger partial charge in [0.2, 0.25) is 0 Å². The average Bonchev–Trinajstić information content (AvgIpc) is 3.09. The number of nitrogens with one attached hydrogen (secondary N) is 2. The van der Waals surface area contributed by atoms with Crippen LogP contribution in [-0.4, -0.2) is 73.8 Å². The fourth-order valence-electron chi connectivity index (χ4n) is 3.40. The number of halogens is 1. The van der Waals surface area contributed by atoms with Gasteiger partial charge >= 0.3 is 6.09 Å². The van der Waals surface area contributed by atoms with Gasteiger partial charge in [0.15, 0.2) is 5.96 Å². The molecule has 170 valence electrons. The summed E-state index contributed by atoms with van der Waals surface area (Å²) >= 11 is 0. The lowest BCUT2D eigenvalue weighted by molar-refractivity contribution is 0.0507. The van der Waals surface area contributed by atoms with Crippen LogP contribution in [0.4, 0.5) is 4.79 Å². The smallest absolute Gasteiger partial charge is 0.407 e. The number of hydrogen-bond donors (Lipinski definition) is 2. The van der Waals surface area contributed by atoms with Crippen LogP contribution in [0, 0.1) is 0 Å². The number of amides is 1. The summed E-state index contributed by atoms with van der Waals surface area (Å²) in [6.45, 7) is 10.1. The fraction of sp³-hybridized carbons (Fsp3) is 0.636. The molecule has 2 N–H and O–H groups in total. The zero-order valence-electron chi connectivity index (χ0n) is 19.0.